The highest BCUT2D eigenvalue weighted by Gasteiger charge is 2.10. The third kappa shape index (κ3) is 2.65. The van der Waals surface area contributed by atoms with E-state index in [1.807, 2.05) is 12.1 Å². The van der Waals surface area contributed by atoms with Crippen LogP contribution in [-0.2, 0) is 6.42 Å². The fourth-order valence-corrected chi connectivity index (χ4v) is 2.46. The van der Waals surface area contributed by atoms with E-state index in [2.05, 4.69) is 52.4 Å². The number of aryl methyl sites for hydroxylation is 1. The molecule has 0 saturated carbocycles. The van der Waals surface area contributed by atoms with Crippen molar-refractivity contribution in [2.75, 3.05) is 7.11 Å². The molecule has 0 unspecified atom stereocenters. The lowest BCUT2D eigenvalue weighted by Gasteiger charge is -2.11. The molecule has 1 heterocycles. The zero-order chi connectivity index (χ0) is 14.7. The van der Waals surface area contributed by atoms with Crippen molar-refractivity contribution >= 4 is 0 Å². The molecule has 0 aliphatic carbocycles. The number of aromatic nitrogens is 3. The van der Waals surface area contributed by atoms with Gasteiger partial charge in [0.1, 0.15) is 12.1 Å². The van der Waals surface area contributed by atoms with Gasteiger partial charge in [-0.3, -0.25) is 5.10 Å². The van der Waals surface area contributed by atoms with Crippen LogP contribution in [0.5, 0.6) is 5.75 Å². The van der Waals surface area contributed by atoms with Crippen LogP contribution in [0, 0.1) is 0 Å². The van der Waals surface area contributed by atoms with Gasteiger partial charge in [0.25, 0.3) is 0 Å². The standard InChI is InChI=1S/C17H17N3O/c1-3-12-6-4-5-7-16(12)13-8-14(10-15(9-13)21-2)17-18-11-19-20-17/h4-11H,3H2,1-2H3,(H,18,19,20). The second-order valence-electron chi connectivity index (χ2n) is 4.78. The summed E-state index contributed by atoms with van der Waals surface area (Å²) in [7, 11) is 1.67. The van der Waals surface area contributed by atoms with E-state index in [0.717, 1.165) is 23.3 Å². The monoisotopic (exact) mass is 279 g/mol. The molecule has 0 radical (unpaired) electrons. The molecule has 0 bridgehead atoms. The minimum absolute atomic E-state index is 0.670. The van der Waals surface area contributed by atoms with Crippen molar-refractivity contribution in [3.8, 4) is 28.3 Å². The van der Waals surface area contributed by atoms with E-state index in [-0.39, 0.29) is 0 Å². The molecule has 3 aromatic rings. The number of hydrogen-bond donors (Lipinski definition) is 1. The molecule has 0 aliphatic rings. The van der Waals surface area contributed by atoms with E-state index in [9.17, 15) is 0 Å². The molecule has 21 heavy (non-hydrogen) atoms. The average Bonchev–Trinajstić information content (AvgIpc) is 3.09. The molecule has 0 aliphatic heterocycles. The fraction of sp³-hybridized carbons (Fsp3) is 0.176. The molecular weight excluding hydrogens is 262 g/mol. The fourth-order valence-electron chi connectivity index (χ4n) is 2.46. The number of nitrogens with zero attached hydrogens (tertiary/aromatic N) is 2. The predicted octanol–water partition coefficient (Wildman–Crippen LogP) is 3.71. The van der Waals surface area contributed by atoms with E-state index in [1.165, 1.54) is 11.1 Å². The van der Waals surface area contributed by atoms with Crippen LogP contribution in [0.25, 0.3) is 22.5 Å². The minimum Gasteiger partial charge on any atom is -0.497 e. The summed E-state index contributed by atoms with van der Waals surface area (Å²) in [6.07, 6.45) is 2.57. The zero-order valence-electron chi connectivity index (χ0n) is 12.1. The topological polar surface area (TPSA) is 50.8 Å². The SMILES string of the molecule is CCc1ccccc1-c1cc(OC)cc(-c2nc[nH]n2)c1. The molecule has 106 valence electrons. The van der Waals surface area contributed by atoms with E-state index in [4.69, 9.17) is 4.74 Å². The van der Waals surface area contributed by atoms with E-state index >= 15 is 0 Å². The average molecular weight is 279 g/mol. The lowest BCUT2D eigenvalue weighted by atomic mass is 9.96. The smallest absolute Gasteiger partial charge is 0.180 e. The van der Waals surface area contributed by atoms with Crippen LogP contribution in [0.3, 0.4) is 0 Å². The van der Waals surface area contributed by atoms with Crippen LogP contribution < -0.4 is 4.74 Å². The molecule has 1 N–H and O–H groups in total. The molecule has 3 rings (SSSR count). The Morgan fingerprint density at radius 2 is 1.90 bits per heavy atom. The predicted molar refractivity (Wildman–Crippen MR) is 83.2 cm³/mol. The summed E-state index contributed by atoms with van der Waals surface area (Å²) >= 11 is 0. The van der Waals surface area contributed by atoms with Gasteiger partial charge in [0.05, 0.1) is 7.11 Å². The number of aromatic amines is 1. The first kappa shape index (κ1) is 13.4. The number of benzene rings is 2. The first-order chi connectivity index (χ1) is 10.3. The maximum atomic E-state index is 5.42. The van der Waals surface area contributed by atoms with Crippen molar-refractivity contribution in [3.05, 3.63) is 54.4 Å². The van der Waals surface area contributed by atoms with Crippen molar-refractivity contribution in [2.45, 2.75) is 13.3 Å². The lowest BCUT2D eigenvalue weighted by molar-refractivity contribution is 0.415. The summed E-state index contributed by atoms with van der Waals surface area (Å²) in [5.74, 6) is 1.47. The normalized spacial score (nSPS) is 10.6. The van der Waals surface area contributed by atoms with Crippen molar-refractivity contribution in [2.24, 2.45) is 0 Å². The van der Waals surface area contributed by atoms with Gasteiger partial charge in [-0.2, -0.15) is 5.10 Å². The molecule has 0 amide bonds. The van der Waals surface area contributed by atoms with E-state index < -0.39 is 0 Å². The molecule has 4 heteroatoms. The Balaban J connectivity index is 2.16. The Kier molecular flexibility index (Phi) is 3.69. The third-order valence-electron chi connectivity index (χ3n) is 3.52. The Morgan fingerprint density at radius 1 is 1.10 bits per heavy atom. The largest absolute Gasteiger partial charge is 0.497 e. The number of rotatable bonds is 4. The van der Waals surface area contributed by atoms with Crippen LogP contribution in [0.2, 0.25) is 0 Å². The Bertz CT molecular complexity index is 736. The van der Waals surface area contributed by atoms with Gasteiger partial charge < -0.3 is 4.74 Å². The van der Waals surface area contributed by atoms with E-state index in [1.54, 1.807) is 13.4 Å². The summed E-state index contributed by atoms with van der Waals surface area (Å²) < 4.78 is 5.42. The second-order valence-corrected chi connectivity index (χ2v) is 4.78. The maximum absolute atomic E-state index is 5.42. The van der Waals surface area contributed by atoms with Gasteiger partial charge in [-0.1, -0.05) is 31.2 Å². The van der Waals surface area contributed by atoms with Gasteiger partial charge in [-0.15, -0.1) is 0 Å². The van der Waals surface area contributed by atoms with E-state index in [0.29, 0.717) is 5.82 Å². The highest BCUT2D eigenvalue weighted by molar-refractivity contribution is 5.74. The van der Waals surface area contributed by atoms with Crippen molar-refractivity contribution in [1.82, 2.24) is 15.2 Å². The number of ether oxygens (including phenoxy) is 1. The summed E-state index contributed by atoms with van der Waals surface area (Å²) in [5, 5.41) is 6.89. The summed E-state index contributed by atoms with van der Waals surface area (Å²) in [6.45, 7) is 2.16. The van der Waals surface area contributed by atoms with Gasteiger partial charge in [-0.25, -0.2) is 4.98 Å². The quantitative estimate of drug-likeness (QED) is 0.792. The molecule has 4 nitrogen and oxygen atoms in total. The highest BCUT2D eigenvalue weighted by atomic mass is 16.5. The molecule has 2 aromatic carbocycles. The zero-order valence-corrected chi connectivity index (χ0v) is 12.1. The van der Waals surface area contributed by atoms with Crippen LogP contribution in [0.15, 0.2) is 48.8 Å². The van der Waals surface area contributed by atoms with Crippen molar-refractivity contribution in [3.63, 3.8) is 0 Å². The molecule has 1 aromatic heterocycles. The van der Waals surface area contributed by atoms with Crippen molar-refractivity contribution in [1.29, 1.82) is 0 Å². The van der Waals surface area contributed by atoms with Crippen LogP contribution in [0.4, 0.5) is 0 Å². The van der Waals surface area contributed by atoms with Gasteiger partial charge in [0.15, 0.2) is 5.82 Å². The summed E-state index contributed by atoms with van der Waals surface area (Å²) in [5.41, 5.74) is 4.59. The number of methoxy groups -OCH3 is 1. The number of hydrogen-bond acceptors (Lipinski definition) is 3. The second kappa shape index (κ2) is 5.79. The Hall–Kier alpha value is -2.62. The Morgan fingerprint density at radius 3 is 2.62 bits per heavy atom. The first-order valence-corrected chi connectivity index (χ1v) is 6.95. The van der Waals surface area contributed by atoms with Crippen molar-refractivity contribution < 1.29 is 4.74 Å². The summed E-state index contributed by atoms with van der Waals surface area (Å²) in [4.78, 5) is 4.22. The Labute approximate surface area is 123 Å². The van der Waals surface area contributed by atoms with Gasteiger partial charge >= 0.3 is 0 Å². The molecule has 0 saturated heterocycles. The first-order valence-electron chi connectivity index (χ1n) is 6.95. The van der Waals surface area contributed by atoms with Crippen LogP contribution in [0.1, 0.15) is 12.5 Å². The van der Waals surface area contributed by atoms with Crippen LogP contribution >= 0.6 is 0 Å². The summed E-state index contributed by atoms with van der Waals surface area (Å²) in [6, 6.07) is 14.5. The minimum atomic E-state index is 0.670. The van der Waals surface area contributed by atoms with Gasteiger partial charge in [-0.05, 0) is 41.3 Å². The van der Waals surface area contributed by atoms with Gasteiger partial charge in [0, 0.05) is 5.56 Å². The molecule has 0 spiro atoms. The lowest BCUT2D eigenvalue weighted by Crippen LogP contribution is -1.91. The third-order valence-corrected chi connectivity index (χ3v) is 3.52. The molecule has 0 fully saturated rings. The van der Waals surface area contributed by atoms with Gasteiger partial charge in [0.2, 0.25) is 0 Å². The number of nitrogens with one attached hydrogen (secondary N) is 1. The molecular formula is C17H17N3O. The highest BCUT2D eigenvalue weighted by Crippen LogP contribution is 2.31. The number of H-pyrrole nitrogens is 1. The maximum Gasteiger partial charge on any atom is 0.180 e. The van der Waals surface area contributed by atoms with Crippen LogP contribution in [-0.4, -0.2) is 22.3 Å². The molecule has 0 atom stereocenters.